The number of guanidine groups is 2. The zero-order chi connectivity index (χ0) is 93.9. The van der Waals surface area contributed by atoms with E-state index in [4.69, 9.17) is 33.8 Å². The number of primary amides is 1. The van der Waals surface area contributed by atoms with Crippen molar-refractivity contribution >= 4 is 129 Å². The fourth-order valence-electron chi connectivity index (χ4n) is 12.3. The molecule has 1 saturated heterocycles. The van der Waals surface area contributed by atoms with Crippen molar-refractivity contribution in [1.29, 1.82) is 10.8 Å². The molecule has 2 aromatic carbocycles. The Hall–Kier alpha value is -12.4. The molecular formula is C78H123N23O23S. The number of carbonyl (C=O) groups excluding carboxylic acids is 17. The first-order valence-electron chi connectivity index (χ1n) is 40.6. The highest BCUT2D eigenvalue weighted by atomic mass is 32.2. The summed E-state index contributed by atoms with van der Waals surface area (Å²) in [4.78, 5) is 245. The Morgan fingerprint density at radius 2 is 0.976 bits per heavy atom. The van der Waals surface area contributed by atoms with Crippen molar-refractivity contribution in [3.05, 3.63) is 65.7 Å². The van der Waals surface area contributed by atoms with Gasteiger partial charge in [0.2, 0.25) is 99.6 Å². The monoisotopic (exact) mass is 1780 g/mol. The third kappa shape index (κ3) is 39.4. The molecule has 46 nitrogen and oxygen atoms in total. The summed E-state index contributed by atoms with van der Waals surface area (Å²) in [6, 6.07) is -6.84. The highest BCUT2D eigenvalue weighted by molar-refractivity contribution is 8.13. The number of carboxylic acids is 1. The summed E-state index contributed by atoms with van der Waals surface area (Å²) in [5, 5.41) is 105. The molecule has 125 heavy (non-hydrogen) atoms. The Labute approximate surface area is 726 Å². The van der Waals surface area contributed by atoms with Crippen molar-refractivity contribution in [1.82, 2.24) is 90.0 Å². The molecule has 15 atom stereocenters. The van der Waals surface area contributed by atoms with Gasteiger partial charge in [-0.2, -0.15) is 0 Å². The van der Waals surface area contributed by atoms with Crippen molar-refractivity contribution in [3.63, 3.8) is 0 Å². The molecule has 16 amide bonds. The molecule has 1 aliphatic rings. The number of carbonyl (C=O) groups is 18. The van der Waals surface area contributed by atoms with E-state index in [-0.39, 0.29) is 101 Å². The van der Waals surface area contributed by atoms with E-state index in [9.17, 15) is 112 Å². The average Bonchev–Trinajstić information content (AvgIpc) is 1.72. The van der Waals surface area contributed by atoms with Gasteiger partial charge in [0.25, 0.3) is 0 Å². The number of hydrogen-bond donors (Lipinski definition) is 27. The molecule has 0 bridgehead atoms. The SMILES string of the molecule is CC[C@H](C)[C@H](NC(=O)[C@H](Cc1ccc(O)cc1)NC(=O)[C@@H](NC(=O)[C@H](CC(=O)O)NC(=O)[C@@H]1CCCN1C(=O)[C@@H](N)C(C)C)[C@@H](C)O)C(=O)NCC(=O)N[C@@H](C)C(=O)N[C@@H](CO)C(=O)N[C@@H](CC(C)C)C(=O)N[C@@H](CCCNC(=N)N)C(=O)N[C@@H](CCCNC(=N)N)C(=O)N[C@@H](CO)C(=O)N[C@@H](Cc1ccccc1)C(=O)NCC(=O)NCC(=O)SCCC(N)=O. The molecular weight excluding hydrogens is 1660 g/mol. The highest BCUT2D eigenvalue weighted by Gasteiger charge is 2.42. The number of carboxylic acid groups (broad SMARTS) is 1. The summed E-state index contributed by atoms with van der Waals surface area (Å²) in [5.41, 5.74) is 23.0. The molecule has 31 N–H and O–H groups in total. The van der Waals surface area contributed by atoms with Crippen molar-refractivity contribution in [3.8, 4) is 5.75 Å². The van der Waals surface area contributed by atoms with E-state index in [0.29, 0.717) is 17.5 Å². The summed E-state index contributed by atoms with van der Waals surface area (Å²) < 4.78 is 0. The maximum absolute atomic E-state index is 14.5. The van der Waals surface area contributed by atoms with Crippen LogP contribution in [0.2, 0.25) is 0 Å². The number of aliphatic hydroxyl groups excluding tert-OH is 3. The van der Waals surface area contributed by atoms with Crippen LogP contribution < -0.4 is 108 Å². The lowest BCUT2D eigenvalue weighted by molar-refractivity contribution is -0.144. The summed E-state index contributed by atoms with van der Waals surface area (Å²) in [7, 11) is 0. The quantitative estimate of drug-likeness (QED) is 0.0166. The number of likely N-dealkylation sites (tertiary alicyclic amines) is 1. The van der Waals surface area contributed by atoms with Crippen LogP contribution >= 0.6 is 11.8 Å². The number of rotatable bonds is 55. The van der Waals surface area contributed by atoms with Crippen LogP contribution in [0.5, 0.6) is 5.75 Å². The van der Waals surface area contributed by atoms with Gasteiger partial charge >= 0.3 is 5.97 Å². The van der Waals surface area contributed by atoms with E-state index >= 15 is 0 Å². The van der Waals surface area contributed by atoms with Gasteiger partial charge in [-0.3, -0.25) is 97.1 Å². The minimum absolute atomic E-state index is 0.000925. The molecule has 3 rings (SSSR count). The zero-order valence-electron chi connectivity index (χ0n) is 71.1. The van der Waals surface area contributed by atoms with Gasteiger partial charge in [-0.15, -0.1) is 0 Å². The third-order valence-corrected chi connectivity index (χ3v) is 20.4. The predicted octanol–water partition coefficient (Wildman–Crippen LogP) is -8.55. The molecule has 0 aliphatic carbocycles. The zero-order valence-corrected chi connectivity index (χ0v) is 71.9. The minimum atomic E-state index is -1.94. The van der Waals surface area contributed by atoms with Gasteiger partial charge in [0.1, 0.15) is 78.3 Å². The number of phenolic OH excluding ortho intramolecular Hbond substituents is 1. The Morgan fingerprint density at radius 1 is 0.512 bits per heavy atom. The molecule has 0 saturated carbocycles. The van der Waals surface area contributed by atoms with E-state index in [1.54, 1.807) is 71.9 Å². The fraction of sp³-hybridized carbons (Fsp3) is 0.590. The summed E-state index contributed by atoms with van der Waals surface area (Å²) in [6.07, 6.45) is -3.32. The van der Waals surface area contributed by atoms with E-state index in [1.165, 1.54) is 36.1 Å². The van der Waals surface area contributed by atoms with Gasteiger partial charge in [0.15, 0.2) is 11.9 Å². The lowest BCUT2D eigenvalue weighted by Gasteiger charge is -2.30. The number of nitrogens with two attached hydrogens (primary N) is 4. The van der Waals surface area contributed by atoms with Crippen LogP contribution in [0.15, 0.2) is 54.6 Å². The molecule has 0 spiro atoms. The second kappa shape index (κ2) is 55.0. The average molecular weight is 1780 g/mol. The van der Waals surface area contributed by atoms with Gasteiger partial charge in [0, 0.05) is 44.6 Å². The summed E-state index contributed by atoms with van der Waals surface area (Å²) in [5.74, 6) is -19.7. The van der Waals surface area contributed by atoms with E-state index < -0.39 is 253 Å². The second-order valence-corrected chi connectivity index (χ2v) is 31.8. The van der Waals surface area contributed by atoms with Crippen LogP contribution in [-0.2, 0) is 99.1 Å². The fourth-order valence-corrected chi connectivity index (χ4v) is 13.0. The van der Waals surface area contributed by atoms with Crippen LogP contribution in [0, 0.1) is 28.6 Å². The number of thioether (sulfide) groups is 1. The Kier molecular flexibility index (Phi) is 47.0. The molecule has 0 radical (unpaired) electrons. The molecule has 1 aliphatic heterocycles. The molecule has 0 unspecified atom stereocenters. The van der Waals surface area contributed by atoms with Crippen LogP contribution in [0.25, 0.3) is 0 Å². The van der Waals surface area contributed by atoms with Crippen molar-refractivity contribution < 1.29 is 112 Å². The maximum atomic E-state index is 14.5. The first kappa shape index (κ1) is 107. The maximum Gasteiger partial charge on any atom is 0.305 e. The largest absolute Gasteiger partial charge is 0.508 e. The smallest absolute Gasteiger partial charge is 0.305 e. The lowest BCUT2D eigenvalue weighted by atomic mass is 9.97. The first-order chi connectivity index (χ1) is 58.9. The number of hydrogen-bond acceptors (Lipinski definition) is 26. The molecule has 694 valence electrons. The normalized spacial score (nSPS) is 15.6. The predicted molar refractivity (Wildman–Crippen MR) is 452 cm³/mol. The lowest BCUT2D eigenvalue weighted by Crippen LogP contribution is -2.62. The molecule has 1 fully saturated rings. The number of aromatic hydroxyl groups is 1. The topological polar surface area (TPSA) is 756 Å². The van der Waals surface area contributed by atoms with Gasteiger partial charge in [-0.25, -0.2) is 0 Å². The van der Waals surface area contributed by atoms with E-state index in [2.05, 4.69) is 85.1 Å². The molecule has 2 aromatic rings. The summed E-state index contributed by atoms with van der Waals surface area (Å²) >= 11 is 0.754. The van der Waals surface area contributed by atoms with Crippen LogP contribution in [0.4, 0.5) is 0 Å². The number of nitrogens with zero attached hydrogens (tertiary/aromatic N) is 1. The number of aliphatic carboxylic acids is 1. The van der Waals surface area contributed by atoms with Crippen molar-refractivity contribution in [2.24, 2.45) is 40.7 Å². The van der Waals surface area contributed by atoms with Crippen molar-refractivity contribution in [2.45, 2.75) is 217 Å². The molecule has 1 heterocycles. The van der Waals surface area contributed by atoms with Gasteiger partial charge in [-0.05, 0) is 99.8 Å². The van der Waals surface area contributed by atoms with Gasteiger partial charge in [-0.1, -0.05) is 102 Å². The van der Waals surface area contributed by atoms with Gasteiger partial charge < -0.3 is 138 Å². The number of benzene rings is 2. The second-order valence-electron chi connectivity index (χ2n) is 30.6. The number of aliphatic hydroxyl groups is 3. The Bertz CT molecular complexity index is 4050. The third-order valence-electron chi connectivity index (χ3n) is 19.5. The Morgan fingerprint density at radius 3 is 1.49 bits per heavy atom. The van der Waals surface area contributed by atoms with Crippen LogP contribution in [0.1, 0.15) is 131 Å². The number of nitrogens with one attached hydrogen (secondary N) is 18. The summed E-state index contributed by atoms with van der Waals surface area (Å²) in [6.45, 7) is 8.14. The molecule has 0 aromatic heterocycles. The van der Waals surface area contributed by atoms with E-state index in [0.717, 1.165) is 18.7 Å². The Balaban J connectivity index is 1.81. The van der Waals surface area contributed by atoms with E-state index in [1.807, 2.05) is 0 Å². The first-order valence-corrected chi connectivity index (χ1v) is 41.6. The van der Waals surface area contributed by atoms with Crippen molar-refractivity contribution in [2.75, 3.05) is 58.2 Å². The molecule has 47 heteroatoms. The van der Waals surface area contributed by atoms with Crippen LogP contribution in [-0.4, -0.2) is 291 Å². The van der Waals surface area contributed by atoms with Crippen LogP contribution in [0.3, 0.4) is 0 Å². The minimum Gasteiger partial charge on any atom is -0.508 e. The standard InChI is InChI=1S/C78H123N23O23S/c1-9-41(6)62(99-69(117)51(32-45-21-23-46(105)24-22-45)96-75(123)63(43(8)104)100-70(118)52(33-59(109)110)95-73(121)55-20-15-28-101(55)76(124)61(80)40(4)5)74(122)89-35-58(108)90-42(7)64(112)97-53(37-102)71(119)93-49(30-39(2)3)68(116)92-47(18-13-26-85-77(81)82)66(114)91-48(19-14-27-86-78(83)84)67(115)98-54(38-103)72(120)94-50(31-44-16-11-10-12-17-44)65(113)88-34-57(107)87-36-60(111)125-29-25-56(79)106/h10-12,16-17,21-24,39-43,47-55,61-63,102-105H,9,13-15,18-20,25-38,80H2,1-8H3,(H2,79,106)(H,87,107)(H,88,113)(H,89,122)(H,90,108)(H,91,114)(H,92,116)(H,93,119)(H,94,120)(H,95,121)(H,96,123)(H,97,112)(H,98,115)(H,99,117)(H,100,118)(H,109,110)(H4,81,82,85)(H4,83,84,86)/t41-,42-,43+,47-,48-,49-,50-,51-,52-,53-,54-,55-,61-,62-,63-/m0/s1. The van der Waals surface area contributed by atoms with Gasteiger partial charge in [0.05, 0.1) is 51.4 Å². The number of amides is 16. The highest BCUT2D eigenvalue weighted by Crippen LogP contribution is 2.22. The number of phenols is 1.